The Morgan fingerprint density at radius 3 is 2.79 bits per heavy atom. The molecule has 5 rings (SSSR count). The van der Waals surface area contributed by atoms with E-state index in [4.69, 9.17) is 9.73 Å². The van der Waals surface area contributed by atoms with Crippen molar-refractivity contribution >= 4 is 39.3 Å². The Kier molecular flexibility index (Phi) is 5.83. The highest BCUT2D eigenvalue weighted by Gasteiger charge is 2.46. The van der Waals surface area contributed by atoms with Crippen LogP contribution in [0.15, 0.2) is 64.2 Å². The van der Waals surface area contributed by atoms with E-state index in [1.807, 2.05) is 60.8 Å². The van der Waals surface area contributed by atoms with E-state index in [0.717, 1.165) is 38.6 Å². The minimum absolute atomic E-state index is 0.322. The number of fused-ring (bicyclic) bond motifs is 1. The van der Waals surface area contributed by atoms with Gasteiger partial charge in [0.2, 0.25) is 0 Å². The summed E-state index contributed by atoms with van der Waals surface area (Å²) < 4.78 is 6.07. The smallest absolute Gasteiger partial charge is 0.411 e. The van der Waals surface area contributed by atoms with Crippen molar-refractivity contribution in [2.45, 2.75) is 25.5 Å². The second-order valence-corrected chi connectivity index (χ2v) is 10.2. The second-order valence-electron chi connectivity index (χ2n) is 9.30. The van der Waals surface area contributed by atoms with Crippen LogP contribution < -0.4 is 5.32 Å². The Morgan fingerprint density at radius 1 is 1.24 bits per heavy atom. The van der Waals surface area contributed by atoms with Crippen molar-refractivity contribution in [3.63, 3.8) is 0 Å². The normalized spacial score (nSPS) is 17.8. The maximum absolute atomic E-state index is 13.4. The molecular formula is C25H28N6O2S. The van der Waals surface area contributed by atoms with Crippen LogP contribution in [0.1, 0.15) is 25.5 Å². The number of thiophene rings is 1. The summed E-state index contributed by atoms with van der Waals surface area (Å²) in [5, 5.41) is 6.36. The molecule has 0 unspecified atom stereocenters. The van der Waals surface area contributed by atoms with E-state index in [1.54, 1.807) is 22.6 Å². The third kappa shape index (κ3) is 4.05. The SMILES string of the molecule is CN(C)C[C@@H](OC(=O)N1CC2=C(CN=C2Nc2ncnc3sccc23)C1(C)C)c1ccccc1. The monoisotopic (exact) mass is 476 g/mol. The molecule has 2 aliphatic rings. The number of ether oxygens (including phenoxy) is 1. The van der Waals surface area contributed by atoms with Gasteiger partial charge in [0, 0.05) is 12.1 Å². The number of hydrogen-bond acceptors (Lipinski definition) is 8. The molecule has 0 bridgehead atoms. The predicted molar refractivity (Wildman–Crippen MR) is 135 cm³/mol. The highest BCUT2D eigenvalue weighted by Crippen LogP contribution is 2.39. The van der Waals surface area contributed by atoms with Gasteiger partial charge in [0.15, 0.2) is 0 Å². The first-order valence-corrected chi connectivity index (χ1v) is 12.1. The van der Waals surface area contributed by atoms with E-state index < -0.39 is 5.54 Å². The molecule has 176 valence electrons. The Bertz CT molecular complexity index is 1280. The van der Waals surface area contributed by atoms with Crippen molar-refractivity contribution < 1.29 is 9.53 Å². The van der Waals surface area contributed by atoms with Crippen molar-refractivity contribution in [1.82, 2.24) is 19.8 Å². The van der Waals surface area contributed by atoms with Crippen molar-refractivity contribution in [3.05, 3.63) is 64.8 Å². The average Bonchev–Trinajstić information content (AvgIpc) is 3.50. The van der Waals surface area contributed by atoms with Gasteiger partial charge in [-0.05, 0) is 50.5 Å². The molecule has 0 aliphatic carbocycles. The van der Waals surface area contributed by atoms with Crippen molar-refractivity contribution in [2.24, 2.45) is 4.99 Å². The summed E-state index contributed by atoms with van der Waals surface area (Å²) in [6, 6.07) is 11.9. The van der Waals surface area contributed by atoms with Gasteiger partial charge in [-0.3, -0.25) is 9.89 Å². The van der Waals surface area contributed by atoms with Crippen molar-refractivity contribution in [2.75, 3.05) is 39.0 Å². The number of aliphatic imine (C=N–C) groups is 1. The van der Waals surface area contributed by atoms with E-state index in [1.165, 1.54) is 0 Å². The molecule has 1 atom stereocenters. The standard InChI is InChI=1S/C25H28N6O2S/c1-25(2)19-12-26-22(29-21-17-10-11-34-23(17)28-15-27-21)18(19)13-31(25)24(32)33-20(14-30(3)4)16-8-6-5-7-9-16/h5-11,15,20H,12-14H2,1-4H3,(H,26,27,28,29)/t20-/m1/s1. The maximum Gasteiger partial charge on any atom is 0.411 e. The first-order valence-electron chi connectivity index (χ1n) is 11.2. The number of carbonyl (C=O) groups is 1. The molecule has 4 heterocycles. The number of nitrogens with one attached hydrogen (secondary N) is 1. The van der Waals surface area contributed by atoms with Crippen LogP contribution in [-0.2, 0) is 4.74 Å². The molecule has 3 aromatic rings. The second kappa shape index (κ2) is 8.81. The van der Waals surface area contributed by atoms with E-state index in [9.17, 15) is 4.79 Å². The number of rotatable bonds is 5. The summed E-state index contributed by atoms with van der Waals surface area (Å²) in [5.41, 5.74) is 2.65. The summed E-state index contributed by atoms with van der Waals surface area (Å²) >= 11 is 1.57. The molecule has 34 heavy (non-hydrogen) atoms. The lowest BCUT2D eigenvalue weighted by molar-refractivity contribution is 0.0383. The zero-order valence-corrected chi connectivity index (χ0v) is 20.6. The molecule has 0 saturated carbocycles. The number of benzene rings is 1. The fraction of sp³-hybridized carbons (Fsp3) is 0.360. The van der Waals surface area contributed by atoms with Gasteiger partial charge in [-0.15, -0.1) is 11.3 Å². The highest BCUT2D eigenvalue weighted by atomic mass is 32.1. The molecule has 1 N–H and O–H groups in total. The van der Waals surface area contributed by atoms with Crippen LogP contribution in [0.5, 0.6) is 0 Å². The maximum atomic E-state index is 13.4. The summed E-state index contributed by atoms with van der Waals surface area (Å²) in [6.45, 7) is 5.71. The first kappa shape index (κ1) is 22.5. The Labute approximate surface area is 203 Å². The number of amides is 1. The summed E-state index contributed by atoms with van der Waals surface area (Å²) in [5.74, 6) is 1.49. The number of hydrogen-bond donors (Lipinski definition) is 1. The van der Waals surface area contributed by atoms with Crippen LogP contribution in [0.25, 0.3) is 10.2 Å². The van der Waals surface area contributed by atoms with E-state index >= 15 is 0 Å². The first-order chi connectivity index (χ1) is 16.3. The lowest BCUT2D eigenvalue weighted by Crippen LogP contribution is -2.47. The lowest BCUT2D eigenvalue weighted by atomic mass is 9.94. The van der Waals surface area contributed by atoms with Gasteiger partial charge >= 0.3 is 6.09 Å². The van der Waals surface area contributed by atoms with Crippen LogP contribution in [0.4, 0.5) is 10.6 Å². The molecule has 0 radical (unpaired) electrons. The van der Waals surface area contributed by atoms with E-state index in [-0.39, 0.29) is 12.2 Å². The Balaban J connectivity index is 1.35. The molecule has 1 aromatic carbocycles. The largest absolute Gasteiger partial charge is 0.440 e. The lowest BCUT2D eigenvalue weighted by Gasteiger charge is -2.35. The minimum atomic E-state index is -0.498. The number of likely N-dealkylation sites (N-methyl/N-ethyl adjacent to an activating group) is 1. The van der Waals surface area contributed by atoms with Gasteiger partial charge < -0.3 is 15.0 Å². The molecule has 2 aliphatic heterocycles. The van der Waals surface area contributed by atoms with Gasteiger partial charge in [-0.2, -0.15) is 0 Å². The van der Waals surface area contributed by atoms with Crippen LogP contribution in [0.2, 0.25) is 0 Å². The summed E-state index contributed by atoms with van der Waals surface area (Å²) in [6.07, 6.45) is 0.883. The molecule has 9 heteroatoms. The fourth-order valence-electron chi connectivity index (χ4n) is 4.55. The predicted octanol–water partition coefficient (Wildman–Crippen LogP) is 4.35. The fourth-order valence-corrected chi connectivity index (χ4v) is 5.28. The highest BCUT2D eigenvalue weighted by molar-refractivity contribution is 7.16. The van der Waals surface area contributed by atoms with Crippen LogP contribution in [0, 0.1) is 0 Å². The van der Waals surface area contributed by atoms with Gasteiger partial charge in [-0.1, -0.05) is 30.3 Å². The summed E-state index contributed by atoms with van der Waals surface area (Å²) in [7, 11) is 3.96. The van der Waals surface area contributed by atoms with Crippen LogP contribution >= 0.6 is 11.3 Å². The molecule has 1 amide bonds. The molecule has 0 fully saturated rings. The van der Waals surface area contributed by atoms with Gasteiger partial charge in [-0.25, -0.2) is 14.8 Å². The molecule has 8 nitrogen and oxygen atoms in total. The Hall–Kier alpha value is -3.30. The minimum Gasteiger partial charge on any atom is -0.440 e. The quantitative estimate of drug-likeness (QED) is 0.590. The third-order valence-electron chi connectivity index (χ3n) is 6.44. The Morgan fingerprint density at radius 2 is 2.03 bits per heavy atom. The van der Waals surface area contributed by atoms with E-state index in [0.29, 0.717) is 19.6 Å². The zero-order chi connectivity index (χ0) is 23.9. The molecular weight excluding hydrogens is 448 g/mol. The molecule has 0 spiro atoms. The number of carbonyl (C=O) groups excluding carboxylic acids is 1. The molecule has 0 saturated heterocycles. The van der Waals surface area contributed by atoms with Crippen LogP contribution in [0.3, 0.4) is 0 Å². The number of anilines is 1. The number of nitrogens with zero attached hydrogens (tertiary/aromatic N) is 5. The number of aromatic nitrogens is 2. The van der Waals surface area contributed by atoms with Gasteiger partial charge in [0.25, 0.3) is 0 Å². The zero-order valence-electron chi connectivity index (χ0n) is 19.8. The number of amidine groups is 1. The summed E-state index contributed by atoms with van der Waals surface area (Å²) in [4.78, 5) is 31.7. The third-order valence-corrected chi connectivity index (χ3v) is 7.26. The van der Waals surface area contributed by atoms with E-state index in [2.05, 4.69) is 29.1 Å². The van der Waals surface area contributed by atoms with Gasteiger partial charge in [0.05, 0.1) is 24.0 Å². The van der Waals surface area contributed by atoms with Crippen molar-refractivity contribution in [3.8, 4) is 0 Å². The van der Waals surface area contributed by atoms with Gasteiger partial charge in [0.1, 0.15) is 28.9 Å². The topological polar surface area (TPSA) is 83.0 Å². The van der Waals surface area contributed by atoms with Crippen molar-refractivity contribution in [1.29, 1.82) is 0 Å². The average molecular weight is 477 g/mol. The molecule has 2 aromatic heterocycles. The van der Waals surface area contributed by atoms with Crippen LogP contribution in [-0.4, -0.2) is 71.0 Å².